The molecule has 0 saturated carbocycles. The molecule has 1 aliphatic heterocycles. The summed E-state index contributed by atoms with van der Waals surface area (Å²) in [5.74, 6) is 0.134. The van der Waals surface area contributed by atoms with Crippen molar-refractivity contribution >= 4 is 11.9 Å². The number of carbonyl (C=O) groups is 1. The number of unbranched alkanes of at least 4 members (excludes halogenated alkanes) is 2. The van der Waals surface area contributed by atoms with E-state index in [-0.39, 0.29) is 5.97 Å². The molecular weight excluding hydrogens is 308 g/mol. The fourth-order valence-electron chi connectivity index (χ4n) is 2.72. The van der Waals surface area contributed by atoms with E-state index in [1.807, 2.05) is 19.1 Å². The van der Waals surface area contributed by atoms with Crippen LogP contribution in [0.25, 0.3) is 0 Å². The van der Waals surface area contributed by atoms with Crippen molar-refractivity contribution in [3.63, 3.8) is 0 Å². The zero-order chi connectivity index (χ0) is 16.9. The fourth-order valence-corrected chi connectivity index (χ4v) is 2.72. The molecule has 8 nitrogen and oxygen atoms in total. The maximum atomic E-state index is 12.7. The van der Waals surface area contributed by atoms with Gasteiger partial charge in [0.05, 0.1) is 12.2 Å². The third kappa shape index (κ3) is 3.12. The molecule has 1 unspecified atom stereocenters. The largest absolute Gasteiger partial charge is 0.462 e. The van der Waals surface area contributed by atoms with Gasteiger partial charge < -0.3 is 10.1 Å². The molecule has 24 heavy (non-hydrogen) atoms. The predicted octanol–water partition coefficient (Wildman–Crippen LogP) is 2.09. The van der Waals surface area contributed by atoms with E-state index in [9.17, 15) is 4.79 Å². The van der Waals surface area contributed by atoms with E-state index in [1.54, 1.807) is 17.1 Å². The van der Waals surface area contributed by atoms with Gasteiger partial charge in [0.25, 0.3) is 0 Å². The van der Waals surface area contributed by atoms with Gasteiger partial charge in [-0.3, -0.25) is 4.98 Å². The van der Waals surface area contributed by atoms with Crippen molar-refractivity contribution in [3.05, 3.63) is 41.4 Å². The molecule has 1 N–H and O–H groups in total. The Morgan fingerprint density at radius 1 is 1.42 bits per heavy atom. The van der Waals surface area contributed by atoms with Crippen molar-refractivity contribution in [1.29, 1.82) is 0 Å². The molecule has 1 atom stereocenters. The Kier molecular flexibility index (Phi) is 4.83. The van der Waals surface area contributed by atoms with E-state index >= 15 is 0 Å². The first-order valence-corrected chi connectivity index (χ1v) is 8.05. The highest BCUT2D eigenvalue weighted by Gasteiger charge is 2.34. The lowest BCUT2D eigenvalue weighted by atomic mass is 9.97. The number of tetrazole rings is 1. The fraction of sp³-hybridized carbons (Fsp3) is 0.438. The van der Waals surface area contributed by atoms with Crippen molar-refractivity contribution in [2.75, 3.05) is 11.9 Å². The second-order valence-corrected chi connectivity index (χ2v) is 5.64. The van der Waals surface area contributed by atoms with Gasteiger partial charge in [0, 0.05) is 18.1 Å². The number of hydrogen-bond acceptors (Lipinski definition) is 7. The highest BCUT2D eigenvalue weighted by molar-refractivity contribution is 5.92. The van der Waals surface area contributed by atoms with Crippen molar-refractivity contribution in [3.8, 4) is 0 Å². The standard InChI is InChI=1S/C16H20N6O2/c1-3-4-5-9-24-15(23)13-11(2)18-16-19-20-21-22(16)14(13)12-7-6-8-17-10-12/h6-8,10,14H,3-5,9H2,1-2H3,(H,18,19,21). The molecule has 2 aromatic heterocycles. The van der Waals surface area contributed by atoms with E-state index in [4.69, 9.17) is 4.74 Å². The molecule has 0 radical (unpaired) electrons. The Morgan fingerprint density at radius 3 is 3.04 bits per heavy atom. The van der Waals surface area contributed by atoms with Crippen LogP contribution >= 0.6 is 0 Å². The van der Waals surface area contributed by atoms with Gasteiger partial charge in [-0.1, -0.05) is 30.9 Å². The molecule has 0 spiro atoms. The third-order valence-corrected chi connectivity index (χ3v) is 3.92. The minimum atomic E-state index is -0.455. The SMILES string of the molecule is CCCCCOC(=O)C1=C(C)Nc2nnnn2C1c1cccnc1. The number of ether oxygens (including phenoxy) is 1. The molecule has 0 aromatic carbocycles. The van der Waals surface area contributed by atoms with E-state index in [1.165, 1.54) is 0 Å². The highest BCUT2D eigenvalue weighted by Crippen LogP contribution is 2.34. The number of esters is 1. The van der Waals surface area contributed by atoms with Gasteiger partial charge in [0.2, 0.25) is 5.95 Å². The highest BCUT2D eigenvalue weighted by atomic mass is 16.5. The van der Waals surface area contributed by atoms with E-state index in [2.05, 4.69) is 32.7 Å². The summed E-state index contributed by atoms with van der Waals surface area (Å²) in [7, 11) is 0. The number of allylic oxidation sites excluding steroid dienone is 1. The minimum Gasteiger partial charge on any atom is -0.462 e. The lowest BCUT2D eigenvalue weighted by Gasteiger charge is -2.27. The van der Waals surface area contributed by atoms with Gasteiger partial charge in [0.15, 0.2) is 0 Å². The summed E-state index contributed by atoms with van der Waals surface area (Å²) in [5.41, 5.74) is 2.01. The lowest BCUT2D eigenvalue weighted by Crippen LogP contribution is -2.30. The normalized spacial score (nSPS) is 16.5. The molecular formula is C16H20N6O2. The molecule has 2 aromatic rings. The average molecular weight is 328 g/mol. The summed E-state index contributed by atoms with van der Waals surface area (Å²) < 4.78 is 7.03. The number of rotatable bonds is 6. The molecule has 0 saturated heterocycles. The van der Waals surface area contributed by atoms with Crippen molar-refractivity contribution in [2.45, 2.75) is 39.2 Å². The summed E-state index contributed by atoms with van der Waals surface area (Å²) in [6.07, 6.45) is 6.36. The van der Waals surface area contributed by atoms with Gasteiger partial charge in [-0.25, -0.2) is 4.79 Å². The van der Waals surface area contributed by atoms with Crippen molar-refractivity contribution in [1.82, 2.24) is 25.2 Å². The van der Waals surface area contributed by atoms with Crippen LogP contribution in [-0.2, 0) is 9.53 Å². The Balaban J connectivity index is 1.91. The van der Waals surface area contributed by atoms with Gasteiger partial charge in [-0.05, 0) is 35.4 Å². The zero-order valence-corrected chi connectivity index (χ0v) is 13.8. The van der Waals surface area contributed by atoms with E-state index in [0.29, 0.717) is 23.8 Å². The number of anilines is 1. The number of hydrogen-bond donors (Lipinski definition) is 1. The van der Waals surface area contributed by atoms with Gasteiger partial charge in [-0.2, -0.15) is 4.68 Å². The number of carbonyl (C=O) groups excluding carboxylic acids is 1. The topological polar surface area (TPSA) is 94.8 Å². The monoisotopic (exact) mass is 328 g/mol. The first kappa shape index (κ1) is 16.1. The average Bonchev–Trinajstić information content (AvgIpc) is 3.06. The Bertz CT molecular complexity index is 740. The summed E-state index contributed by atoms with van der Waals surface area (Å²) in [6.45, 7) is 4.34. The first-order valence-electron chi connectivity index (χ1n) is 8.05. The molecule has 0 bridgehead atoms. The van der Waals surface area contributed by atoms with Crippen LogP contribution < -0.4 is 5.32 Å². The van der Waals surface area contributed by atoms with Crippen LogP contribution in [0.4, 0.5) is 5.95 Å². The molecule has 0 aliphatic carbocycles. The number of nitrogens with one attached hydrogen (secondary N) is 1. The van der Waals surface area contributed by atoms with Crippen LogP contribution in [0.2, 0.25) is 0 Å². The number of fused-ring (bicyclic) bond motifs is 1. The molecule has 3 heterocycles. The zero-order valence-electron chi connectivity index (χ0n) is 13.8. The Morgan fingerprint density at radius 2 is 2.29 bits per heavy atom. The summed E-state index contributed by atoms with van der Waals surface area (Å²) in [5, 5.41) is 14.7. The summed E-state index contributed by atoms with van der Waals surface area (Å²) in [6, 6.07) is 3.26. The van der Waals surface area contributed by atoms with Gasteiger partial charge >= 0.3 is 5.97 Å². The van der Waals surface area contributed by atoms with E-state index in [0.717, 1.165) is 24.8 Å². The second-order valence-electron chi connectivity index (χ2n) is 5.64. The van der Waals surface area contributed by atoms with Crippen LogP contribution in [0.5, 0.6) is 0 Å². The number of nitrogens with zero attached hydrogens (tertiary/aromatic N) is 5. The predicted molar refractivity (Wildman–Crippen MR) is 87.0 cm³/mol. The van der Waals surface area contributed by atoms with Crippen LogP contribution in [0.3, 0.4) is 0 Å². The van der Waals surface area contributed by atoms with Crippen LogP contribution in [-0.4, -0.2) is 37.8 Å². The molecule has 3 rings (SSSR count). The lowest BCUT2D eigenvalue weighted by molar-refractivity contribution is -0.139. The Hall–Kier alpha value is -2.77. The van der Waals surface area contributed by atoms with Crippen LogP contribution in [0.1, 0.15) is 44.7 Å². The van der Waals surface area contributed by atoms with Crippen LogP contribution in [0, 0.1) is 0 Å². The van der Waals surface area contributed by atoms with Crippen molar-refractivity contribution < 1.29 is 9.53 Å². The molecule has 0 amide bonds. The molecule has 8 heteroatoms. The number of aromatic nitrogens is 5. The maximum Gasteiger partial charge on any atom is 0.338 e. The van der Waals surface area contributed by atoms with Crippen LogP contribution in [0.15, 0.2) is 35.8 Å². The quantitative estimate of drug-likeness (QED) is 0.641. The third-order valence-electron chi connectivity index (χ3n) is 3.92. The summed E-state index contributed by atoms with van der Waals surface area (Å²) >= 11 is 0. The smallest absolute Gasteiger partial charge is 0.338 e. The molecule has 1 aliphatic rings. The molecule has 0 fully saturated rings. The Labute approximate surface area is 139 Å². The van der Waals surface area contributed by atoms with Gasteiger partial charge in [0.1, 0.15) is 6.04 Å². The number of pyridine rings is 1. The van der Waals surface area contributed by atoms with Crippen molar-refractivity contribution in [2.24, 2.45) is 0 Å². The molecule has 126 valence electrons. The minimum absolute atomic E-state index is 0.355. The summed E-state index contributed by atoms with van der Waals surface area (Å²) in [4.78, 5) is 16.8. The van der Waals surface area contributed by atoms with E-state index < -0.39 is 6.04 Å². The first-order chi connectivity index (χ1) is 11.7. The van der Waals surface area contributed by atoms with Gasteiger partial charge in [-0.15, -0.1) is 0 Å². The second kappa shape index (κ2) is 7.20. The maximum absolute atomic E-state index is 12.7.